The van der Waals surface area contributed by atoms with E-state index in [2.05, 4.69) is 51.6 Å². The normalized spacial score (nSPS) is 18.4. The number of hydrogen-bond acceptors (Lipinski definition) is 4. The van der Waals surface area contributed by atoms with Gasteiger partial charge in [-0.1, -0.05) is 29.8 Å². The van der Waals surface area contributed by atoms with Gasteiger partial charge in [-0.2, -0.15) is 8.78 Å². The van der Waals surface area contributed by atoms with Gasteiger partial charge in [-0.05, 0) is 43.5 Å². The highest BCUT2D eigenvalue weighted by Gasteiger charge is 2.27. The number of ether oxygens (including phenoxy) is 3. The molecule has 1 saturated heterocycles. The molecule has 0 bridgehead atoms. The SMILES string of the molecule is CN=C(NCc1cc(OC)ccc1OC(F)F)NCC1CCCOC1c1ccc(C)cc1.I. The standard InChI is InChI=1S/C24H31F2N3O3.HI/c1-16-6-8-17(9-7-16)22-18(5-4-12-31-22)14-28-24(27-2)29-15-19-13-20(30-3)10-11-21(19)32-23(25)26;/h6-11,13,18,22-23H,4-5,12,14-15H2,1-3H3,(H2,27,28,29);1H. The van der Waals surface area contributed by atoms with Gasteiger partial charge in [0.15, 0.2) is 5.96 Å². The number of guanidine groups is 1. The average molecular weight is 575 g/mol. The topological polar surface area (TPSA) is 64.1 Å². The quantitative estimate of drug-likeness (QED) is 0.262. The van der Waals surface area contributed by atoms with E-state index in [1.807, 2.05) is 0 Å². The molecule has 2 aromatic carbocycles. The molecule has 1 aliphatic rings. The van der Waals surface area contributed by atoms with E-state index in [1.54, 1.807) is 19.2 Å². The van der Waals surface area contributed by atoms with Crippen LogP contribution in [-0.4, -0.2) is 39.9 Å². The molecule has 2 aromatic rings. The Balaban J connectivity index is 0.00000385. The highest BCUT2D eigenvalue weighted by molar-refractivity contribution is 14.0. The molecule has 9 heteroatoms. The van der Waals surface area contributed by atoms with Crippen molar-refractivity contribution in [2.24, 2.45) is 10.9 Å². The Kier molecular flexibility index (Phi) is 11.1. The predicted octanol–water partition coefficient (Wildman–Crippen LogP) is 5.06. The van der Waals surface area contributed by atoms with Crippen molar-refractivity contribution in [1.82, 2.24) is 10.6 Å². The summed E-state index contributed by atoms with van der Waals surface area (Å²) in [5, 5.41) is 6.52. The fourth-order valence-electron chi connectivity index (χ4n) is 3.84. The summed E-state index contributed by atoms with van der Waals surface area (Å²) in [6.07, 6.45) is 2.09. The number of aryl methyl sites for hydroxylation is 1. The van der Waals surface area contributed by atoms with Gasteiger partial charge < -0.3 is 24.8 Å². The molecule has 33 heavy (non-hydrogen) atoms. The number of benzene rings is 2. The lowest BCUT2D eigenvalue weighted by molar-refractivity contribution is -0.0505. The summed E-state index contributed by atoms with van der Waals surface area (Å²) < 4.78 is 41.4. The van der Waals surface area contributed by atoms with Gasteiger partial charge in [0.25, 0.3) is 0 Å². The number of alkyl halides is 2. The van der Waals surface area contributed by atoms with E-state index < -0.39 is 6.61 Å². The van der Waals surface area contributed by atoms with Gasteiger partial charge in [0.05, 0.1) is 13.2 Å². The minimum Gasteiger partial charge on any atom is -0.497 e. The molecule has 0 amide bonds. The lowest BCUT2D eigenvalue weighted by Crippen LogP contribution is -2.41. The first-order chi connectivity index (χ1) is 15.5. The first-order valence-electron chi connectivity index (χ1n) is 10.7. The number of rotatable bonds is 8. The Hall–Kier alpha value is -2.14. The minimum atomic E-state index is -2.90. The monoisotopic (exact) mass is 575 g/mol. The van der Waals surface area contributed by atoms with Crippen molar-refractivity contribution < 1.29 is 23.0 Å². The molecule has 3 rings (SSSR count). The zero-order valence-electron chi connectivity index (χ0n) is 19.1. The zero-order chi connectivity index (χ0) is 22.9. The van der Waals surface area contributed by atoms with Crippen LogP contribution in [0.15, 0.2) is 47.5 Å². The Morgan fingerprint density at radius 2 is 1.94 bits per heavy atom. The van der Waals surface area contributed by atoms with E-state index >= 15 is 0 Å². The third-order valence-corrected chi connectivity index (χ3v) is 5.54. The van der Waals surface area contributed by atoms with Gasteiger partial charge in [0, 0.05) is 38.2 Å². The third-order valence-electron chi connectivity index (χ3n) is 5.54. The molecule has 2 atom stereocenters. The van der Waals surface area contributed by atoms with Crippen molar-refractivity contribution in [3.63, 3.8) is 0 Å². The van der Waals surface area contributed by atoms with Crippen LogP contribution in [0.25, 0.3) is 0 Å². The van der Waals surface area contributed by atoms with E-state index in [0.29, 0.717) is 29.7 Å². The summed E-state index contributed by atoms with van der Waals surface area (Å²) in [4.78, 5) is 4.26. The summed E-state index contributed by atoms with van der Waals surface area (Å²) >= 11 is 0. The van der Waals surface area contributed by atoms with Crippen LogP contribution in [0, 0.1) is 12.8 Å². The van der Waals surface area contributed by atoms with Crippen LogP contribution in [0.5, 0.6) is 11.5 Å². The van der Waals surface area contributed by atoms with Crippen molar-refractivity contribution in [2.45, 2.75) is 39.0 Å². The summed E-state index contributed by atoms with van der Waals surface area (Å²) in [6, 6.07) is 13.2. The van der Waals surface area contributed by atoms with E-state index in [9.17, 15) is 8.78 Å². The van der Waals surface area contributed by atoms with Gasteiger partial charge in [-0.15, -0.1) is 24.0 Å². The maximum atomic E-state index is 12.8. The third kappa shape index (κ3) is 7.99. The summed E-state index contributed by atoms with van der Waals surface area (Å²) in [7, 11) is 3.20. The number of hydrogen-bond donors (Lipinski definition) is 2. The Bertz CT molecular complexity index is 897. The largest absolute Gasteiger partial charge is 0.497 e. The first-order valence-corrected chi connectivity index (χ1v) is 10.7. The van der Waals surface area contributed by atoms with Crippen LogP contribution in [0.4, 0.5) is 8.78 Å². The Labute approximate surface area is 211 Å². The van der Waals surface area contributed by atoms with Crippen molar-refractivity contribution in [1.29, 1.82) is 0 Å². The van der Waals surface area contributed by atoms with Crippen LogP contribution >= 0.6 is 24.0 Å². The molecule has 0 radical (unpaired) electrons. The highest BCUT2D eigenvalue weighted by Crippen LogP contribution is 2.33. The Morgan fingerprint density at radius 3 is 2.61 bits per heavy atom. The molecule has 0 saturated carbocycles. The summed E-state index contributed by atoms with van der Waals surface area (Å²) in [5.74, 6) is 1.53. The van der Waals surface area contributed by atoms with E-state index in [1.165, 1.54) is 24.3 Å². The molecule has 2 unspecified atom stereocenters. The van der Waals surface area contributed by atoms with Crippen LogP contribution in [-0.2, 0) is 11.3 Å². The van der Waals surface area contributed by atoms with Gasteiger partial charge in [0.2, 0.25) is 0 Å². The predicted molar refractivity (Wildman–Crippen MR) is 136 cm³/mol. The molecule has 0 aliphatic carbocycles. The molecule has 1 heterocycles. The molecule has 0 aromatic heterocycles. The fourth-order valence-corrected chi connectivity index (χ4v) is 3.84. The number of nitrogens with zero attached hydrogens (tertiary/aromatic N) is 1. The molecule has 2 N–H and O–H groups in total. The first kappa shape index (κ1) is 27.1. The molecule has 1 fully saturated rings. The van der Waals surface area contributed by atoms with Crippen molar-refractivity contribution in [2.75, 3.05) is 27.3 Å². The van der Waals surface area contributed by atoms with Crippen LogP contribution < -0.4 is 20.1 Å². The second kappa shape index (κ2) is 13.5. The molecule has 0 spiro atoms. The van der Waals surface area contributed by atoms with E-state index in [-0.39, 0.29) is 42.4 Å². The van der Waals surface area contributed by atoms with Gasteiger partial charge in [-0.25, -0.2) is 0 Å². The molecule has 182 valence electrons. The van der Waals surface area contributed by atoms with Gasteiger partial charge >= 0.3 is 6.61 Å². The van der Waals surface area contributed by atoms with Crippen molar-refractivity contribution in [3.05, 3.63) is 59.2 Å². The summed E-state index contributed by atoms with van der Waals surface area (Å²) in [6.45, 7) is 0.855. The minimum absolute atomic E-state index is 0. The van der Waals surface area contributed by atoms with Gasteiger partial charge in [-0.3, -0.25) is 4.99 Å². The lowest BCUT2D eigenvalue weighted by atomic mass is 9.89. The Morgan fingerprint density at radius 1 is 1.18 bits per heavy atom. The maximum absolute atomic E-state index is 12.8. The summed E-state index contributed by atoms with van der Waals surface area (Å²) in [5.41, 5.74) is 2.94. The van der Waals surface area contributed by atoms with Crippen LogP contribution in [0.3, 0.4) is 0 Å². The number of halogens is 3. The zero-order valence-corrected chi connectivity index (χ0v) is 21.5. The van der Waals surface area contributed by atoms with Crippen molar-refractivity contribution in [3.8, 4) is 11.5 Å². The van der Waals surface area contributed by atoms with E-state index in [4.69, 9.17) is 9.47 Å². The number of nitrogens with one attached hydrogen (secondary N) is 2. The van der Waals surface area contributed by atoms with Gasteiger partial charge in [0.1, 0.15) is 11.5 Å². The number of aliphatic imine (C=N–C) groups is 1. The van der Waals surface area contributed by atoms with Crippen LogP contribution in [0.1, 0.15) is 35.6 Å². The average Bonchev–Trinajstić information content (AvgIpc) is 2.80. The second-order valence-electron chi connectivity index (χ2n) is 7.76. The van der Waals surface area contributed by atoms with E-state index in [0.717, 1.165) is 19.4 Å². The smallest absolute Gasteiger partial charge is 0.387 e. The highest BCUT2D eigenvalue weighted by atomic mass is 127. The second-order valence-corrected chi connectivity index (χ2v) is 7.76. The molecule has 6 nitrogen and oxygen atoms in total. The fraction of sp³-hybridized carbons (Fsp3) is 0.458. The molecular formula is C24H32F2IN3O3. The molecular weight excluding hydrogens is 543 g/mol. The van der Waals surface area contributed by atoms with Crippen LogP contribution in [0.2, 0.25) is 0 Å². The van der Waals surface area contributed by atoms with Crippen molar-refractivity contribution >= 4 is 29.9 Å². The molecule has 1 aliphatic heterocycles. The lowest BCUT2D eigenvalue weighted by Gasteiger charge is -2.32. The number of methoxy groups -OCH3 is 1. The maximum Gasteiger partial charge on any atom is 0.387 e.